The number of thiocarbonyl (C=S) groups is 1. The fourth-order valence-corrected chi connectivity index (χ4v) is 3.54. The zero-order valence-corrected chi connectivity index (χ0v) is 19.4. The molecule has 31 heavy (non-hydrogen) atoms. The Hall–Kier alpha value is -2.61. The van der Waals surface area contributed by atoms with Crippen LogP contribution in [0.1, 0.15) is 25.8 Å². The molecule has 6 nitrogen and oxygen atoms in total. The summed E-state index contributed by atoms with van der Waals surface area (Å²) in [6, 6.07) is 9.80. The summed E-state index contributed by atoms with van der Waals surface area (Å²) in [6.45, 7) is 3.92. The van der Waals surface area contributed by atoms with Crippen molar-refractivity contribution in [2.75, 3.05) is 12.0 Å². The van der Waals surface area contributed by atoms with Gasteiger partial charge in [-0.1, -0.05) is 30.1 Å². The number of benzene rings is 2. The van der Waals surface area contributed by atoms with Gasteiger partial charge >= 0.3 is 0 Å². The largest absolute Gasteiger partial charge is 0.493 e. The lowest BCUT2D eigenvalue weighted by Gasteiger charge is -2.29. The van der Waals surface area contributed by atoms with Gasteiger partial charge in [-0.05, 0) is 73.6 Å². The molecule has 2 aromatic rings. The number of ether oxygens (including phenoxy) is 2. The van der Waals surface area contributed by atoms with Crippen LogP contribution in [0.4, 0.5) is 5.69 Å². The van der Waals surface area contributed by atoms with E-state index in [0.717, 1.165) is 6.42 Å². The smallest absolute Gasteiger partial charge is 0.270 e. The highest BCUT2D eigenvalue weighted by molar-refractivity contribution is 7.80. The van der Waals surface area contributed by atoms with Crippen molar-refractivity contribution in [3.05, 3.63) is 57.6 Å². The molecule has 1 N–H and O–H groups in total. The minimum Gasteiger partial charge on any atom is -0.493 e. The number of hydrogen-bond acceptors (Lipinski definition) is 5. The maximum absolute atomic E-state index is 13.1. The van der Waals surface area contributed by atoms with Crippen molar-refractivity contribution >= 4 is 64.1 Å². The van der Waals surface area contributed by atoms with Gasteiger partial charge in [-0.3, -0.25) is 19.8 Å². The van der Waals surface area contributed by atoms with Gasteiger partial charge in [-0.2, -0.15) is 0 Å². The SMILES string of the molecule is CCC(C)Oc1c(Cl)cc(/C=C2\C(=O)NC(=S)N(c3ccc(Cl)cc3)C2=O)cc1OC. The second kappa shape index (κ2) is 9.68. The van der Waals surface area contributed by atoms with Crippen LogP contribution in [0.25, 0.3) is 6.08 Å². The van der Waals surface area contributed by atoms with E-state index in [0.29, 0.717) is 32.8 Å². The fourth-order valence-electron chi connectivity index (χ4n) is 2.87. The molecule has 0 aliphatic carbocycles. The van der Waals surface area contributed by atoms with Crippen LogP contribution in [0.15, 0.2) is 42.0 Å². The number of carbonyl (C=O) groups is 2. The van der Waals surface area contributed by atoms with Crippen molar-refractivity contribution in [2.45, 2.75) is 26.4 Å². The van der Waals surface area contributed by atoms with Crippen LogP contribution in [-0.2, 0) is 9.59 Å². The summed E-state index contributed by atoms with van der Waals surface area (Å²) in [6.07, 6.45) is 2.17. The molecule has 9 heteroatoms. The fraction of sp³-hybridized carbons (Fsp3) is 0.227. The lowest BCUT2D eigenvalue weighted by atomic mass is 10.1. The number of amides is 2. The first-order valence-electron chi connectivity index (χ1n) is 9.46. The lowest BCUT2D eigenvalue weighted by molar-refractivity contribution is -0.122. The Morgan fingerprint density at radius 3 is 2.48 bits per heavy atom. The Morgan fingerprint density at radius 1 is 1.19 bits per heavy atom. The van der Waals surface area contributed by atoms with Gasteiger partial charge in [0.25, 0.3) is 11.8 Å². The summed E-state index contributed by atoms with van der Waals surface area (Å²) >= 11 is 17.5. The molecule has 1 aliphatic rings. The summed E-state index contributed by atoms with van der Waals surface area (Å²) in [5, 5.41) is 3.35. The normalized spacial score (nSPS) is 16.4. The topological polar surface area (TPSA) is 67.9 Å². The first-order valence-corrected chi connectivity index (χ1v) is 10.6. The Bertz CT molecular complexity index is 1070. The number of rotatable bonds is 6. The third kappa shape index (κ3) is 5.01. The van der Waals surface area contributed by atoms with Crippen LogP contribution < -0.4 is 19.7 Å². The van der Waals surface area contributed by atoms with Gasteiger partial charge in [0.2, 0.25) is 0 Å². The molecule has 0 aromatic heterocycles. The van der Waals surface area contributed by atoms with Crippen LogP contribution in [0.3, 0.4) is 0 Å². The minimum absolute atomic E-state index is 0.0117. The Morgan fingerprint density at radius 2 is 1.87 bits per heavy atom. The number of methoxy groups -OCH3 is 1. The summed E-state index contributed by atoms with van der Waals surface area (Å²) in [5.74, 6) is -0.362. The molecule has 2 amide bonds. The molecule has 162 valence electrons. The number of nitrogens with one attached hydrogen (secondary N) is 1. The lowest BCUT2D eigenvalue weighted by Crippen LogP contribution is -2.54. The van der Waals surface area contributed by atoms with Gasteiger partial charge in [-0.25, -0.2) is 0 Å². The zero-order valence-electron chi connectivity index (χ0n) is 17.1. The highest BCUT2D eigenvalue weighted by atomic mass is 35.5. The average molecular weight is 479 g/mol. The van der Waals surface area contributed by atoms with Gasteiger partial charge in [-0.15, -0.1) is 0 Å². The van der Waals surface area contributed by atoms with Crippen LogP contribution in [0.5, 0.6) is 11.5 Å². The van der Waals surface area contributed by atoms with Gasteiger partial charge in [0.05, 0.1) is 23.9 Å². The van der Waals surface area contributed by atoms with Crippen molar-refractivity contribution < 1.29 is 19.1 Å². The first-order chi connectivity index (χ1) is 14.7. The molecule has 1 saturated heterocycles. The molecule has 1 fully saturated rings. The summed E-state index contributed by atoms with van der Waals surface area (Å²) in [7, 11) is 1.49. The molecule has 0 bridgehead atoms. The zero-order chi connectivity index (χ0) is 22.7. The summed E-state index contributed by atoms with van der Waals surface area (Å²) in [5.41, 5.74) is 0.885. The molecule has 1 atom stereocenters. The standard InChI is InChI=1S/C22H20Cl2N2O4S/c1-4-12(2)30-19-17(24)10-13(11-18(19)29-3)9-16-20(27)25-22(31)26(21(16)28)15-7-5-14(23)6-8-15/h5-12H,4H2,1-3H3,(H,25,27,31)/b16-9+. The number of hydrogen-bond donors (Lipinski definition) is 1. The van der Waals surface area contributed by atoms with Crippen molar-refractivity contribution in [2.24, 2.45) is 0 Å². The molecule has 1 aliphatic heterocycles. The number of carbonyl (C=O) groups excluding carboxylic acids is 2. The summed E-state index contributed by atoms with van der Waals surface area (Å²) in [4.78, 5) is 26.9. The highest BCUT2D eigenvalue weighted by Gasteiger charge is 2.34. The van der Waals surface area contributed by atoms with E-state index >= 15 is 0 Å². The van der Waals surface area contributed by atoms with Gasteiger partial charge < -0.3 is 9.47 Å². The Labute approximate surface area is 195 Å². The first kappa shape index (κ1) is 23.1. The maximum atomic E-state index is 13.1. The predicted molar refractivity (Wildman–Crippen MR) is 126 cm³/mol. The minimum atomic E-state index is -0.602. The monoisotopic (exact) mass is 478 g/mol. The van der Waals surface area contributed by atoms with E-state index < -0.39 is 11.8 Å². The number of nitrogens with zero attached hydrogens (tertiary/aromatic N) is 1. The van der Waals surface area contributed by atoms with Crippen LogP contribution in [0, 0.1) is 0 Å². The quantitative estimate of drug-likeness (QED) is 0.359. The molecular formula is C22H20Cl2N2O4S. The van der Waals surface area contributed by atoms with E-state index in [1.54, 1.807) is 36.4 Å². The number of halogens is 2. The van der Waals surface area contributed by atoms with Crippen LogP contribution in [0.2, 0.25) is 10.0 Å². The molecule has 0 radical (unpaired) electrons. The highest BCUT2D eigenvalue weighted by Crippen LogP contribution is 2.38. The van der Waals surface area contributed by atoms with Crippen molar-refractivity contribution in [1.29, 1.82) is 0 Å². The van der Waals surface area contributed by atoms with Crippen LogP contribution >= 0.6 is 35.4 Å². The van der Waals surface area contributed by atoms with E-state index in [2.05, 4.69) is 5.32 Å². The van der Waals surface area contributed by atoms with E-state index in [4.69, 9.17) is 44.9 Å². The van der Waals surface area contributed by atoms with Crippen molar-refractivity contribution in [3.8, 4) is 11.5 Å². The van der Waals surface area contributed by atoms with Crippen LogP contribution in [-0.4, -0.2) is 30.1 Å². The van der Waals surface area contributed by atoms with Gasteiger partial charge in [0.1, 0.15) is 5.57 Å². The second-order valence-corrected chi connectivity index (χ2v) is 8.04. The van der Waals surface area contributed by atoms with Gasteiger partial charge in [0.15, 0.2) is 16.6 Å². The Kier molecular flexibility index (Phi) is 7.20. The third-order valence-electron chi connectivity index (χ3n) is 4.64. The maximum Gasteiger partial charge on any atom is 0.270 e. The molecule has 1 unspecified atom stereocenters. The average Bonchev–Trinajstić information content (AvgIpc) is 2.73. The van der Waals surface area contributed by atoms with E-state index in [1.165, 1.54) is 18.1 Å². The molecule has 3 rings (SSSR count). The van der Waals surface area contributed by atoms with Crippen molar-refractivity contribution in [1.82, 2.24) is 5.32 Å². The molecule has 0 saturated carbocycles. The van der Waals surface area contributed by atoms with E-state index in [9.17, 15) is 9.59 Å². The molecular weight excluding hydrogens is 459 g/mol. The molecule has 1 heterocycles. The second-order valence-electron chi connectivity index (χ2n) is 6.81. The van der Waals surface area contributed by atoms with Gasteiger partial charge in [0, 0.05) is 5.02 Å². The molecule has 0 spiro atoms. The summed E-state index contributed by atoms with van der Waals surface area (Å²) < 4.78 is 11.2. The van der Waals surface area contributed by atoms with Crippen molar-refractivity contribution in [3.63, 3.8) is 0 Å². The van der Waals surface area contributed by atoms with E-state index in [-0.39, 0.29) is 16.8 Å². The molecule has 2 aromatic carbocycles. The Balaban J connectivity index is 2.00. The number of anilines is 1. The third-order valence-corrected chi connectivity index (χ3v) is 5.46. The van der Waals surface area contributed by atoms with E-state index in [1.807, 2.05) is 13.8 Å². The predicted octanol–water partition coefficient (Wildman–Crippen LogP) is 5.01.